The van der Waals surface area contributed by atoms with Gasteiger partial charge in [-0.1, -0.05) is 18.2 Å². The van der Waals surface area contributed by atoms with Crippen LogP contribution in [0.5, 0.6) is 17.2 Å². The van der Waals surface area contributed by atoms with Crippen LogP contribution >= 0.6 is 0 Å². The first-order valence-corrected chi connectivity index (χ1v) is 11.1. The fourth-order valence-electron chi connectivity index (χ4n) is 4.24. The van der Waals surface area contributed by atoms with Gasteiger partial charge in [-0.15, -0.1) is 0 Å². The summed E-state index contributed by atoms with van der Waals surface area (Å²) in [6, 6.07) is 13.0. The van der Waals surface area contributed by atoms with E-state index in [9.17, 15) is 19.8 Å². The van der Waals surface area contributed by atoms with E-state index in [4.69, 9.17) is 9.15 Å². The van der Waals surface area contributed by atoms with E-state index >= 15 is 0 Å². The number of rotatable bonds is 7. The molecular weight excluding hydrogens is 450 g/mol. The maximum Gasteiger partial charge on any atom is 0.227 e. The number of phenolic OH excluding ortho intramolecular Hbond substituents is 1. The quantitative estimate of drug-likeness (QED) is 0.371. The minimum atomic E-state index is -0.815. The highest BCUT2D eigenvalue weighted by atomic mass is 16.5. The Morgan fingerprint density at radius 3 is 2.66 bits per heavy atom. The van der Waals surface area contributed by atoms with Crippen molar-refractivity contribution in [3.63, 3.8) is 0 Å². The number of fused-ring (bicyclic) bond motifs is 1. The van der Waals surface area contributed by atoms with Crippen molar-refractivity contribution < 1.29 is 24.2 Å². The monoisotopic (exact) mass is 477 g/mol. The van der Waals surface area contributed by atoms with E-state index in [1.165, 1.54) is 19.2 Å². The molecular formula is C26H27N3O6. The van der Waals surface area contributed by atoms with Crippen LogP contribution in [0.4, 0.5) is 0 Å². The van der Waals surface area contributed by atoms with Crippen molar-refractivity contribution in [2.75, 3.05) is 7.11 Å². The van der Waals surface area contributed by atoms with E-state index in [0.29, 0.717) is 17.1 Å². The highest BCUT2D eigenvalue weighted by Gasteiger charge is 2.28. The molecule has 0 spiro atoms. The normalized spacial score (nSPS) is 12.9. The summed E-state index contributed by atoms with van der Waals surface area (Å²) in [5, 5.41) is 23.5. The molecule has 2 atom stereocenters. The Labute approximate surface area is 201 Å². The Morgan fingerprint density at radius 1 is 1.20 bits per heavy atom. The number of hydrogen-bond donors (Lipinski definition) is 3. The topological polar surface area (TPSA) is 127 Å². The fourth-order valence-corrected chi connectivity index (χ4v) is 4.24. The zero-order valence-corrected chi connectivity index (χ0v) is 19.9. The van der Waals surface area contributed by atoms with Crippen LogP contribution in [-0.4, -0.2) is 32.8 Å². The molecule has 2 aromatic heterocycles. The molecule has 0 radical (unpaired) electrons. The summed E-state index contributed by atoms with van der Waals surface area (Å²) >= 11 is 0. The van der Waals surface area contributed by atoms with Gasteiger partial charge < -0.3 is 29.3 Å². The molecule has 2 heterocycles. The number of imidazole rings is 1. The van der Waals surface area contributed by atoms with E-state index < -0.39 is 23.1 Å². The highest BCUT2D eigenvalue weighted by Crippen LogP contribution is 2.37. The minimum Gasteiger partial charge on any atom is -0.504 e. The zero-order valence-electron chi connectivity index (χ0n) is 19.9. The first-order valence-electron chi connectivity index (χ1n) is 11.1. The highest BCUT2D eigenvalue weighted by molar-refractivity contribution is 5.79. The van der Waals surface area contributed by atoms with Gasteiger partial charge in [0.25, 0.3) is 0 Å². The number of benzene rings is 2. The summed E-state index contributed by atoms with van der Waals surface area (Å²) in [5.74, 6) is -0.660. The van der Waals surface area contributed by atoms with E-state index in [-0.39, 0.29) is 29.6 Å². The molecule has 0 aliphatic heterocycles. The number of methoxy groups -OCH3 is 1. The summed E-state index contributed by atoms with van der Waals surface area (Å²) in [6.45, 7) is 3.43. The van der Waals surface area contributed by atoms with Crippen molar-refractivity contribution in [1.29, 1.82) is 0 Å². The lowest BCUT2D eigenvalue weighted by molar-refractivity contribution is -0.122. The molecule has 0 saturated heterocycles. The van der Waals surface area contributed by atoms with Crippen molar-refractivity contribution >= 4 is 16.9 Å². The van der Waals surface area contributed by atoms with Gasteiger partial charge in [-0.25, -0.2) is 4.98 Å². The van der Waals surface area contributed by atoms with Gasteiger partial charge >= 0.3 is 0 Å². The average molecular weight is 478 g/mol. The predicted molar refractivity (Wildman–Crippen MR) is 130 cm³/mol. The number of aromatic nitrogens is 2. The van der Waals surface area contributed by atoms with Crippen molar-refractivity contribution in [3.05, 3.63) is 81.7 Å². The summed E-state index contributed by atoms with van der Waals surface area (Å²) in [6.07, 6.45) is -0.137. The molecule has 1 amide bonds. The number of carbonyl (C=O) groups is 1. The number of nitrogens with one attached hydrogen (secondary N) is 1. The van der Waals surface area contributed by atoms with Crippen LogP contribution < -0.4 is 15.5 Å². The minimum absolute atomic E-state index is 0.0340. The average Bonchev–Trinajstić information content (AvgIpc) is 3.17. The maximum absolute atomic E-state index is 13.2. The van der Waals surface area contributed by atoms with Crippen LogP contribution in [0.2, 0.25) is 0 Å². The second-order valence-corrected chi connectivity index (χ2v) is 8.43. The van der Waals surface area contributed by atoms with Gasteiger partial charge in [0.1, 0.15) is 11.6 Å². The number of carbonyl (C=O) groups excluding carboxylic acids is 1. The lowest BCUT2D eigenvalue weighted by Gasteiger charge is -2.20. The standard InChI is InChI=1S/C26H27N3O6/c1-14-11-21(31)24(33)25(35-14)17(16-9-10-20(30)22(12-16)34-4)13-23(32)27-15(2)26-28-18-7-5-6-8-19(18)29(26)3/h5-12,15,17,30,33H,13H2,1-4H3,(H,27,32)/t15-,17-/m0/s1. The first kappa shape index (κ1) is 23.9. The number of nitrogens with zero attached hydrogens (tertiary/aromatic N) is 2. The smallest absolute Gasteiger partial charge is 0.227 e. The molecule has 4 rings (SSSR count). The molecule has 35 heavy (non-hydrogen) atoms. The van der Waals surface area contributed by atoms with E-state index in [1.807, 2.05) is 42.8 Å². The van der Waals surface area contributed by atoms with Crippen LogP contribution in [0, 0.1) is 6.92 Å². The molecule has 3 N–H and O–H groups in total. The molecule has 0 saturated carbocycles. The Hall–Kier alpha value is -4.27. The largest absolute Gasteiger partial charge is 0.504 e. The van der Waals surface area contributed by atoms with Crippen LogP contribution in [0.1, 0.15) is 48.2 Å². The molecule has 9 nitrogen and oxygen atoms in total. The zero-order chi connectivity index (χ0) is 25.3. The Morgan fingerprint density at radius 2 is 1.94 bits per heavy atom. The van der Waals surface area contributed by atoms with E-state index in [2.05, 4.69) is 10.3 Å². The maximum atomic E-state index is 13.2. The lowest BCUT2D eigenvalue weighted by Crippen LogP contribution is -2.30. The van der Waals surface area contributed by atoms with Crippen LogP contribution in [-0.2, 0) is 11.8 Å². The first-order chi connectivity index (χ1) is 16.7. The SMILES string of the molecule is COc1cc([C@H](CC(=O)N[C@@H](C)c2nc3ccccc3n2C)c2oc(C)cc(=O)c2O)ccc1O. The van der Waals surface area contributed by atoms with Crippen molar-refractivity contribution in [2.45, 2.75) is 32.2 Å². The number of amides is 1. The predicted octanol–water partition coefficient (Wildman–Crippen LogP) is 3.65. The van der Waals surface area contributed by atoms with Crippen LogP contribution in [0.25, 0.3) is 11.0 Å². The van der Waals surface area contributed by atoms with Gasteiger partial charge in [0.05, 0.1) is 30.1 Å². The fraction of sp³-hybridized carbons (Fsp3) is 0.269. The van der Waals surface area contributed by atoms with Crippen molar-refractivity contribution in [2.24, 2.45) is 7.05 Å². The van der Waals surface area contributed by atoms with Gasteiger partial charge in [0.2, 0.25) is 17.1 Å². The number of ether oxygens (including phenoxy) is 1. The molecule has 0 bridgehead atoms. The van der Waals surface area contributed by atoms with Gasteiger partial charge in [0.15, 0.2) is 17.3 Å². The van der Waals surface area contributed by atoms with Crippen LogP contribution in [0.3, 0.4) is 0 Å². The summed E-state index contributed by atoms with van der Waals surface area (Å²) in [7, 11) is 3.29. The van der Waals surface area contributed by atoms with Gasteiger partial charge in [-0.2, -0.15) is 0 Å². The third-order valence-corrected chi connectivity index (χ3v) is 5.97. The van der Waals surface area contributed by atoms with Crippen LogP contribution in [0.15, 0.2) is 57.7 Å². The lowest BCUT2D eigenvalue weighted by atomic mass is 9.91. The number of para-hydroxylation sites is 2. The third-order valence-electron chi connectivity index (χ3n) is 5.97. The number of aromatic hydroxyl groups is 2. The van der Waals surface area contributed by atoms with Crippen molar-refractivity contribution in [1.82, 2.24) is 14.9 Å². The van der Waals surface area contributed by atoms with E-state index in [0.717, 1.165) is 11.0 Å². The summed E-state index contributed by atoms with van der Waals surface area (Å²) in [5.41, 5.74) is 1.69. The number of phenols is 1. The van der Waals surface area contributed by atoms with Gasteiger partial charge in [0, 0.05) is 19.5 Å². The molecule has 0 fully saturated rings. The number of hydrogen-bond acceptors (Lipinski definition) is 7. The number of aryl methyl sites for hydroxylation is 2. The molecule has 2 aromatic carbocycles. The molecule has 182 valence electrons. The van der Waals surface area contributed by atoms with Crippen molar-refractivity contribution in [3.8, 4) is 17.2 Å². The van der Waals surface area contributed by atoms with E-state index in [1.54, 1.807) is 19.1 Å². The van der Waals surface area contributed by atoms with Gasteiger partial charge in [-0.05, 0) is 43.7 Å². The molecule has 0 aliphatic carbocycles. The molecule has 0 aliphatic rings. The molecule has 0 unspecified atom stereocenters. The molecule has 9 heteroatoms. The summed E-state index contributed by atoms with van der Waals surface area (Å²) in [4.78, 5) is 30.1. The Bertz CT molecular complexity index is 1460. The second kappa shape index (κ2) is 9.54. The molecule has 4 aromatic rings. The summed E-state index contributed by atoms with van der Waals surface area (Å²) < 4.78 is 12.8. The Kier molecular flexibility index (Phi) is 6.50. The van der Waals surface area contributed by atoms with Gasteiger partial charge in [-0.3, -0.25) is 9.59 Å². The second-order valence-electron chi connectivity index (χ2n) is 8.43. The Balaban J connectivity index is 1.67. The third kappa shape index (κ3) is 4.70.